The fourth-order valence-corrected chi connectivity index (χ4v) is 2.23. The van der Waals surface area contributed by atoms with Crippen molar-refractivity contribution in [3.63, 3.8) is 0 Å². The highest BCUT2D eigenvalue weighted by atomic mass is 16.2. The summed E-state index contributed by atoms with van der Waals surface area (Å²) in [6, 6.07) is -0.424. The fourth-order valence-electron chi connectivity index (χ4n) is 2.23. The normalized spacial score (nSPS) is 20.6. The summed E-state index contributed by atoms with van der Waals surface area (Å²) < 4.78 is 1.71. The Kier molecular flexibility index (Phi) is 3.87. The minimum Gasteiger partial charge on any atom is -0.344 e. The minimum absolute atomic E-state index is 0.00953. The van der Waals surface area contributed by atoms with Crippen LogP contribution in [0.1, 0.15) is 25.8 Å². The molecule has 1 atom stereocenters. The van der Waals surface area contributed by atoms with Gasteiger partial charge in [-0.2, -0.15) is 5.10 Å². The second-order valence-corrected chi connectivity index (χ2v) is 5.32. The van der Waals surface area contributed by atoms with E-state index < -0.39 is 6.04 Å². The highest BCUT2D eigenvalue weighted by Crippen LogP contribution is 2.13. The van der Waals surface area contributed by atoms with E-state index in [0.29, 0.717) is 19.5 Å². The van der Waals surface area contributed by atoms with Gasteiger partial charge in [0.15, 0.2) is 0 Å². The van der Waals surface area contributed by atoms with E-state index in [9.17, 15) is 9.59 Å². The van der Waals surface area contributed by atoms with Gasteiger partial charge in [-0.3, -0.25) is 14.3 Å². The van der Waals surface area contributed by atoms with E-state index in [-0.39, 0.29) is 17.7 Å². The van der Waals surface area contributed by atoms with E-state index >= 15 is 0 Å². The number of aromatic nitrogens is 2. The number of rotatable bonds is 3. The van der Waals surface area contributed by atoms with E-state index in [4.69, 9.17) is 0 Å². The Morgan fingerprint density at radius 1 is 1.47 bits per heavy atom. The summed E-state index contributed by atoms with van der Waals surface area (Å²) in [7, 11) is 1.84. The summed E-state index contributed by atoms with van der Waals surface area (Å²) in [5.74, 6) is 0.0244. The molecule has 0 saturated carbocycles. The van der Waals surface area contributed by atoms with Gasteiger partial charge >= 0.3 is 0 Å². The summed E-state index contributed by atoms with van der Waals surface area (Å²) in [4.78, 5) is 25.8. The molecule has 0 bridgehead atoms. The third kappa shape index (κ3) is 3.13. The van der Waals surface area contributed by atoms with Crippen LogP contribution in [-0.2, 0) is 23.2 Å². The van der Waals surface area contributed by atoms with Gasteiger partial charge in [0, 0.05) is 38.3 Å². The number of aryl methyl sites for hydroxylation is 1. The Hall–Kier alpha value is -1.85. The lowest BCUT2D eigenvalue weighted by Crippen LogP contribution is -2.47. The molecular formula is C13H20N4O2. The van der Waals surface area contributed by atoms with Crippen molar-refractivity contribution in [2.45, 2.75) is 32.9 Å². The SMILES string of the molecule is CC(C)C1NC(=O)CCN(Cc2cnn(C)c2)C1=O. The Labute approximate surface area is 112 Å². The lowest BCUT2D eigenvalue weighted by atomic mass is 10.0. The molecule has 6 nitrogen and oxygen atoms in total. The maximum Gasteiger partial charge on any atom is 0.245 e. The Morgan fingerprint density at radius 2 is 2.21 bits per heavy atom. The van der Waals surface area contributed by atoms with Crippen LogP contribution in [0, 0.1) is 5.92 Å². The monoisotopic (exact) mass is 264 g/mol. The van der Waals surface area contributed by atoms with Crippen molar-refractivity contribution in [1.29, 1.82) is 0 Å². The van der Waals surface area contributed by atoms with Gasteiger partial charge in [-0.25, -0.2) is 0 Å². The van der Waals surface area contributed by atoms with Crippen LogP contribution in [0.2, 0.25) is 0 Å². The summed E-state index contributed by atoms with van der Waals surface area (Å²) >= 11 is 0. The Bertz CT molecular complexity index is 481. The molecule has 104 valence electrons. The molecule has 1 saturated heterocycles. The van der Waals surface area contributed by atoms with Crippen LogP contribution >= 0.6 is 0 Å². The van der Waals surface area contributed by atoms with E-state index in [1.54, 1.807) is 15.8 Å². The molecule has 19 heavy (non-hydrogen) atoms. The van der Waals surface area contributed by atoms with Gasteiger partial charge < -0.3 is 10.2 Å². The second-order valence-electron chi connectivity index (χ2n) is 5.32. The molecule has 1 aromatic heterocycles. The molecule has 2 amide bonds. The molecular weight excluding hydrogens is 244 g/mol. The lowest BCUT2D eigenvalue weighted by molar-refractivity contribution is -0.135. The molecule has 1 aliphatic heterocycles. The molecule has 2 heterocycles. The van der Waals surface area contributed by atoms with Crippen LogP contribution < -0.4 is 5.32 Å². The standard InChI is InChI=1S/C13H20N4O2/c1-9(2)12-13(19)17(5-4-11(18)15-12)8-10-6-14-16(3)7-10/h6-7,9,12H,4-5,8H2,1-3H3,(H,15,18). The van der Waals surface area contributed by atoms with Crippen molar-refractivity contribution in [2.24, 2.45) is 13.0 Å². The van der Waals surface area contributed by atoms with Crippen LogP contribution in [-0.4, -0.2) is 39.1 Å². The first-order chi connectivity index (χ1) is 8.97. The Morgan fingerprint density at radius 3 is 2.79 bits per heavy atom. The van der Waals surface area contributed by atoms with Gasteiger partial charge in [-0.05, 0) is 5.92 Å². The molecule has 0 aromatic carbocycles. The highest BCUT2D eigenvalue weighted by Gasteiger charge is 2.31. The second kappa shape index (κ2) is 5.42. The first-order valence-electron chi connectivity index (χ1n) is 6.53. The Balaban J connectivity index is 2.14. The van der Waals surface area contributed by atoms with Crippen molar-refractivity contribution in [1.82, 2.24) is 20.0 Å². The predicted molar refractivity (Wildman–Crippen MR) is 70.0 cm³/mol. The molecule has 1 unspecified atom stereocenters. The average molecular weight is 264 g/mol. The van der Waals surface area contributed by atoms with E-state index in [1.165, 1.54) is 0 Å². The van der Waals surface area contributed by atoms with Crippen molar-refractivity contribution in [3.05, 3.63) is 18.0 Å². The van der Waals surface area contributed by atoms with Crippen molar-refractivity contribution in [2.75, 3.05) is 6.54 Å². The van der Waals surface area contributed by atoms with Crippen molar-refractivity contribution >= 4 is 11.8 Å². The molecule has 0 aliphatic carbocycles. The largest absolute Gasteiger partial charge is 0.344 e. The van der Waals surface area contributed by atoms with Gasteiger partial charge in [0.2, 0.25) is 11.8 Å². The van der Waals surface area contributed by atoms with Gasteiger partial charge in [0.25, 0.3) is 0 Å². The van der Waals surface area contributed by atoms with Crippen molar-refractivity contribution < 1.29 is 9.59 Å². The van der Waals surface area contributed by atoms with Gasteiger partial charge in [-0.15, -0.1) is 0 Å². The lowest BCUT2D eigenvalue weighted by Gasteiger charge is -2.25. The molecule has 2 rings (SSSR count). The van der Waals surface area contributed by atoms with E-state index in [1.807, 2.05) is 27.1 Å². The number of carbonyl (C=O) groups is 2. The molecule has 1 fully saturated rings. The number of hydrogen-bond donors (Lipinski definition) is 1. The van der Waals surface area contributed by atoms with Crippen LogP contribution in [0.4, 0.5) is 0 Å². The summed E-state index contributed by atoms with van der Waals surface area (Å²) in [6.45, 7) is 4.85. The van der Waals surface area contributed by atoms with Crippen LogP contribution in [0.3, 0.4) is 0 Å². The van der Waals surface area contributed by atoms with Gasteiger partial charge in [0.1, 0.15) is 6.04 Å². The zero-order valence-corrected chi connectivity index (χ0v) is 11.6. The van der Waals surface area contributed by atoms with Crippen LogP contribution in [0.15, 0.2) is 12.4 Å². The number of nitrogens with one attached hydrogen (secondary N) is 1. The first kappa shape index (κ1) is 13.6. The fraction of sp³-hybridized carbons (Fsp3) is 0.615. The minimum atomic E-state index is -0.424. The summed E-state index contributed by atoms with van der Waals surface area (Å²) in [5, 5.41) is 6.89. The topological polar surface area (TPSA) is 67.2 Å². The predicted octanol–water partition coefficient (Wildman–Crippen LogP) is 0.293. The third-order valence-corrected chi connectivity index (χ3v) is 3.30. The quantitative estimate of drug-likeness (QED) is 0.853. The number of hydrogen-bond acceptors (Lipinski definition) is 3. The number of carbonyl (C=O) groups excluding carboxylic acids is 2. The zero-order valence-electron chi connectivity index (χ0n) is 11.6. The van der Waals surface area contributed by atoms with Gasteiger partial charge in [-0.1, -0.05) is 13.8 Å². The van der Waals surface area contributed by atoms with E-state index in [0.717, 1.165) is 5.56 Å². The smallest absolute Gasteiger partial charge is 0.245 e. The molecule has 0 radical (unpaired) electrons. The van der Waals surface area contributed by atoms with Crippen molar-refractivity contribution in [3.8, 4) is 0 Å². The number of nitrogens with zero attached hydrogens (tertiary/aromatic N) is 3. The third-order valence-electron chi connectivity index (χ3n) is 3.30. The van der Waals surface area contributed by atoms with Gasteiger partial charge in [0.05, 0.1) is 6.20 Å². The van der Waals surface area contributed by atoms with E-state index in [2.05, 4.69) is 10.4 Å². The van der Waals surface area contributed by atoms with Crippen LogP contribution in [0.25, 0.3) is 0 Å². The summed E-state index contributed by atoms with van der Waals surface area (Å²) in [5.41, 5.74) is 0.979. The number of amides is 2. The molecule has 1 aliphatic rings. The molecule has 0 spiro atoms. The average Bonchev–Trinajstić information content (AvgIpc) is 2.69. The molecule has 1 aromatic rings. The first-order valence-corrected chi connectivity index (χ1v) is 6.53. The zero-order chi connectivity index (χ0) is 14.0. The highest BCUT2D eigenvalue weighted by molar-refractivity contribution is 5.90. The summed E-state index contributed by atoms with van der Waals surface area (Å²) in [6.07, 6.45) is 3.99. The maximum absolute atomic E-state index is 12.4. The molecule has 1 N–H and O–H groups in total. The molecule has 6 heteroatoms. The van der Waals surface area contributed by atoms with Crippen LogP contribution in [0.5, 0.6) is 0 Å². The maximum atomic E-state index is 12.4.